The number of hydrogen-bond donors (Lipinski definition) is 3. The molecule has 0 saturated heterocycles. The molecule has 0 aliphatic rings. The molecule has 70 heavy (non-hydrogen) atoms. The second kappa shape index (κ2) is 33.5. The van der Waals surface area contributed by atoms with E-state index in [1.165, 1.54) is 45.5 Å². The second-order valence-electron chi connectivity index (χ2n) is 15.7. The van der Waals surface area contributed by atoms with E-state index in [4.69, 9.17) is 40.6 Å². The number of ether oxygens (including phenoxy) is 1. The average Bonchev–Trinajstić information content (AvgIpc) is 3.32. The van der Waals surface area contributed by atoms with E-state index in [-0.39, 0.29) is 5.75 Å². The summed E-state index contributed by atoms with van der Waals surface area (Å²) in [7, 11) is 0. The number of halogens is 4. The van der Waals surface area contributed by atoms with Crippen LogP contribution in [0, 0.1) is 80.2 Å². The summed E-state index contributed by atoms with van der Waals surface area (Å²) in [5.74, 6) is -0.148. The molecule has 0 spiro atoms. The van der Waals surface area contributed by atoms with Gasteiger partial charge in [0.1, 0.15) is 5.75 Å². The molecule has 0 radical (unpaired) electrons. The molecule has 0 heterocycles. The van der Waals surface area contributed by atoms with Gasteiger partial charge in [-0.2, -0.15) is 5.26 Å². The summed E-state index contributed by atoms with van der Waals surface area (Å²) in [6.07, 6.45) is -4.61. The van der Waals surface area contributed by atoms with Gasteiger partial charge in [-0.05, 0) is 150 Å². The summed E-state index contributed by atoms with van der Waals surface area (Å²) < 4.78 is 38.8. The Labute approximate surface area is 419 Å². The number of nitrogens with zero attached hydrogens (tertiary/aromatic N) is 2. The summed E-state index contributed by atoms with van der Waals surface area (Å²) in [5, 5.41) is 9.27. The largest absolute Gasteiger partial charge is 0.573 e. The fourth-order valence-corrected chi connectivity index (χ4v) is 5.26. The molecule has 364 valence electrons. The number of hydrogen-bond acceptors (Lipinski definition) is 5. The SMILES string of the molecule is Cc1ccc(Cl)cc1.Cc1ccc(N)cc1.Cc1cccc(N)c1.Cc1ccccc1C.Cc1ccccc1C#N.Cc1ccccc1N.Cc1ccccc1OC(F)(F)F.[C-]#[N+]c1ccc(C)cc1. The highest BCUT2D eigenvalue weighted by atomic mass is 35.5. The lowest BCUT2D eigenvalue weighted by Crippen LogP contribution is -2.17. The first-order chi connectivity index (χ1) is 33.1. The quantitative estimate of drug-likeness (QED) is 0.112. The molecular weight excluding hydrogens is 899 g/mol. The van der Waals surface area contributed by atoms with E-state index < -0.39 is 6.36 Å². The Morgan fingerprint density at radius 1 is 0.471 bits per heavy atom. The zero-order valence-electron chi connectivity index (χ0n) is 41.5. The zero-order chi connectivity index (χ0) is 52.5. The molecule has 0 amide bonds. The molecule has 6 nitrogen and oxygen atoms in total. The predicted octanol–water partition coefficient (Wildman–Crippen LogP) is 17.0. The fourth-order valence-electron chi connectivity index (χ4n) is 5.13. The van der Waals surface area contributed by atoms with Crippen LogP contribution >= 0.6 is 11.6 Å². The van der Waals surface area contributed by atoms with Gasteiger partial charge in [0.2, 0.25) is 0 Å². The average molecular weight is 965 g/mol. The maximum atomic E-state index is 11.7. The Bertz CT molecular complexity index is 2590. The number of nitriles is 1. The number of anilines is 3. The molecular formula is C60H65ClF3N5O. The van der Waals surface area contributed by atoms with Gasteiger partial charge in [-0.1, -0.05) is 168 Å². The van der Waals surface area contributed by atoms with Gasteiger partial charge < -0.3 is 21.9 Å². The maximum Gasteiger partial charge on any atom is 0.573 e. The number of nitrogens with two attached hydrogens (primary N) is 3. The topological polar surface area (TPSA) is 115 Å². The van der Waals surface area contributed by atoms with Crippen LogP contribution < -0.4 is 21.9 Å². The minimum absolute atomic E-state index is 0.148. The lowest BCUT2D eigenvalue weighted by atomic mass is 10.1. The van der Waals surface area contributed by atoms with Gasteiger partial charge in [0.15, 0.2) is 5.69 Å². The second-order valence-corrected chi connectivity index (χ2v) is 16.2. The lowest BCUT2D eigenvalue weighted by Gasteiger charge is -2.10. The van der Waals surface area contributed by atoms with E-state index in [0.717, 1.165) is 38.8 Å². The van der Waals surface area contributed by atoms with Crippen molar-refractivity contribution >= 4 is 34.4 Å². The minimum Gasteiger partial charge on any atom is -0.406 e. The molecule has 0 bridgehead atoms. The highest BCUT2D eigenvalue weighted by Crippen LogP contribution is 2.25. The highest BCUT2D eigenvalue weighted by molar-refractivity contribution is 6.30. The Balaban J connectivity index is 0.000000401. The van der Waals surface area contributed by atoms with Crippen molar-refractivity contribution in [1.29, 1.82) is 5.26 Å². The van der Waals surface area contributed by atoms with Crippen molar-refractivity contribution in [1.82, 2.24) is 0 Å². The standard InChI is InChI=1S/C8H7F3O.2C8H7N.C8H10.C7H7Cl.3C7H9N/c1-6-4-2-3-5-7(6)12-8(9,10)11;1-7-3-5-8(9-2)6-4-7;1-7-4-2-3-5-8(7)6-9;1-7-5-3-4-6-8(7)2;2*1-6-2-4-7(8)5-3-6;1-6-3-2-4-7(8)5-6;1-6-4-2-3-5-7(6)8/h2-5H,1H3;3-6H,1H3;2-5H,1H3;3-6H,1-2H3;2-5H,1H3;3*2-5H,8H2,1H3. The number of para-hydroxylation sites is 2. The molecule has 10 heteroatoms. The van der Waals surface area contributed by atoms with Crippen LogP contribution in [0.2, 0.25) is 5.02 Å². The molecule has 0 aliphatic carbocycles. The number of aryl methyl sites for hydroxylation is 9. The monoisotopic (exact) mass is 963 g/mol. The van der Waals surface area contributed by atoms with Crippen molar-refractivity contribution in [3.05, 3.63) is 266 Å². The van der Waals surface area contributed by atoms with Crippen molar-refractivity contribution in [2.75, 3.05) is 17.2 Å². The third-order valence-corrected chi connectivity index (χ3v) is 9.74. The van der Waals surface area contributed by atoms with Crippen molar-refractivity contribution in [2.24, 2.45) is 0 Å². The molecule has 0 saturated carbocycles. The van der Waals surface area contributed by atoms with E-state index in [1.54, 1.807) is 19.1 Å². The van der Waals surface area contributed by atoms with Gasteiger partial charge in [-0.3, -0.25) is 0 Å². The van der Waals surface area contributed by atoms with Gasteiger partial charge in [0.05, 0.1) is 18.2 Å². The van der Waals surface area contributed by atoms with Crippen molar-refractivity contribution in [3.8, 4) is 11.8 Å². The maximum absolute atomic E-state index is 11.7. The van der Waals surface area contributed by atoms with Gasteiger partial charge >= 0.3 is 6.36 Å². The van der Waals surface area contributed by atoms with Crippen LogP contribution in [0.15, 0.2) is 194 Å². The predicted molar refractivity (Wildman–Crippen MR) is 290 cm³/mol. The Kier molecular flexibility index (Phi) is 28.7. The molecule has 6 N–H and O–H groups in total. The summed E-state index contributed by atoms with van der Waals surface area (Å²) >= 11 is 5.61. The van der Waals surface area contributed by atoms with Crippen molar-refractivity contribution in [2.45, 2.75) is 68.7 Å². The van der Waals surface area contributed by atoms with Crippen LogP contribution in [0.25, 0.3) is 4.85 Å². The van der Waals surface area contributed by atoms with Gasteiger partial charge in [0, 0.05) is 22.1 Å². The number of nitrogen functional groups attached to an aromatic ring is 3. The Morgan fingerprint density at radius 2 is 0.900 bits per heavy atom. The van der Waals surface area contributed by atoms with Crippen LogP contribution in [0.3, 0.4) is 0 Å². The first-order valence-electron chi connectivity index (χ1n) is 22.0. The summed E-state index contributed by atoms with van der Waals surface area (Å²) in [5.41, 5.74) is 30.7. The number of rotatable bonds is 1. The third kappa shape index (κ3) is 28.9. The van der Waals surface area contributed by atoms with Crippen molar-refractivity contribution in [3.63, 3.8) is 0 Å². The summed E-state index contributed by atoms with van der Waals surface area (Å²) in [6.45, 7) is 24.5. The van der Waals surface area contributed by atoms with Gasteiger partial charge in [-0.25, -0.2) is 4.85 Å². The number of alkyl halides is 3. The van der Waals surface area contributed by atoms with Crippen LogP contribution in [-0.4, -0.2) is 6.36 Å². The lowest BCUT2D eigenvalue weighted by molar-refractivity contribution is -0.274. The van der Waals surface area contributed by atoms with E-state index in [0.29, 0.717) is 11.3 Å². The Morgan fingerprint density at radius 3 is 1.23 bits per heavy atom. The smallest absolute Gasteiger partial charge is 0.406 e. The molecule has 0 aliphatic heterocycles. The number of benzene rings is 8. The summed E-state index contributed by atoms with van der Waals surface area (Å²) in [6, 6.07) is 62.6. The molecule has 8 aromatic carbocycles. The molecule has 0 atom stereocenters. The first kappa shape index (κ1) is 60.0. The van der Waals surface area contributed by atoms with Crippen molar-refractivity contribution < 1.29 is 17.9 Å². The van der Waals surface area contributed by atoms with E-state index in [2.05, 4.69) is 53.8 Å². The zero-order valence-corrected chi connectivity index (χ0v) is 42.3. The molecule has 0 aromatic heterocycles. The molecule has 0 fully saturated rings. The minimum atomic E-state index is -4.61. The molecule has 0 unspecified atom stereocenters. The van der Waals surface area contributed by atoms with E-state index >= 15 is 0 Å². The van der Waals surface area contributed by atoms with Crippen LogP contribution in [0.5, 0.6) is 5.75 Å². The first-order valence-corrected chi connectivity index (χ1v) is 22.4. The highest BCUT2D eigenvalue weighted by Gasteiger charge is 2.31. The normalized spacial score (nSPS) is 9.36. The fraction of sp³-hybridized carbons (Fsp3) is 0.167. The van der Waals surface area contributed by atoms with Crippen LogP contribution in [0.1, 0.15) is 55.6 Å². The third-order valence-electron chi connectivity index (χ3n) is 9.49. The van der Waals surface area contributed by atoms with Crippen LogP contribution in [0.4, 0.5) is 35.9 Å². The van der Waals surface area contributed by atoms with E-state index in [1.807, 2.05) is 187 Å². The van der Waals surface area contributed by atoms with Gasteiger partial charge in [-0.15, -0.1) is 13.2 Å². The van der Waals surface area contributed by atoms with Crippen LogP contribution in [-0.2, 0) is 0 Å². The van der Waals surface area contributed by atoms with Gasteiger partial charge in [0.25, 0.3) is 0 Å². The van der Waals surface area contributed by atoms with E-state index in [9.17, 15) is 13.2 Å². The molecule has 8 rings (SSSR count). The molecule has 8 aromatic rings. The summed E-state index contributed by atoms with van der Waals surface area (Å²) in [4.78, 5) is 3.26. The Hall–Kier alpha value is -7.98.